The molecule has 1 aromatic heterocycles. The molecule has 3 N–H and O–H groups in total. The molecule has 2 aromatic rings. The van der Waals surface area contributed by atoms with Crippen molar-refractivity contribution >= 4 is 35.6 Å². The zero-order valence-corrected chi connectivity index (χ0v) is 15.8. The highest BCUT2D eigenvalue weighted by Gasteiger charge is 2.29. The van der Waals surface area contributed by atoms with Crippen molar-refractivity contribution in [3.05, 3.63) is 42.2 Å². The molecule has 27 heavy (non-hydrogen) atoms. The molecule has 1 aliphatic heterocycles. The molecule has 1 atom stereocenters. The Hall–Kier alpha value is -2.38. The van der Waals surface area contributed by atoms with Gasteiger partial charge >= 0.3 is 0 Å². The van der Waals surface area contributed by atoms with E-state index in [1.165, 1.54) is 0 Å². The van der Waals surface area contributed by atoms with Crippen LogP contribution in [0.2, 0.25) is 0 Å². The maximum atomic E-state index is 12.4. The standard InChI is InChI=1S/C19H23N5O2.ClH/c25-18(13-3-4-13)21-14-5-7-15(8-6-14)22-19(26)17-9-11-24(23-17)16-2-1-10-20-12-16;/h5-9,11,13,16,20H,1-4,10,12H2,(H,21,25)(H,22,26);1H. The van der Waals surface area contributed by atoms with E-state index in [1.807, 2.05) is 10.9 Å². The maximum absolute atomic E-state index is 12.4. The third-order valence-corrected chi connectivity index (χ3v) is 4.84. The van der Waals surface area contributed by atoms with E-state index in [0.29, 0.717) is 17.4 Å². The fourth-order valence-corrected chi connectivity index (χ4v) is 3.14. The van der Waals surface area contributed by atoms with Crippen molar-refractivity contribution in [2.45, 2.75) is 31.7 Å². The Kier molecular flexibility index (Phi) is 6.13. The SMILES string of the molecule is Cl.O=C(Nc1ccc(NC(=O)C2CC2)cc1)c1ccn(C2CCCNC2)n1. The lowest BCUT2D eigenvalue weighted by Crippen LogP contribution is -2.32. The molecule has 2 fully saturated rings. The molecule has 4 rings (SSSR count). The van der Waals surface area contributed by atoms with Crippen molar-refractivity contribution in [2.75, 3.05) is 23.7 Å². The number of hydrogen-bond donors (Lipinski definition) is 3. The Labute approximate surface area is 164 Å². The number of hydrogen-bond acceptors (Lipinski definition) is 4. The average Bonchev–Trinajstić information content (AvgIpc) is 3.41. The molecule has 0 radical (unpaired) electrons. The summed E-state index contributed by atoms with van der Waals surface area (Å²) < 4.78 is 1.87. The van der Waals surface area contributed by atoms with Crippen LogP contribution in [0.5, 0.6) is 0 Å². The summed E-state index contributed by atoms with van der Waals surface area (Å²) in [4.78, 5) is 24.2. The summed E-state index contributed by atoms with van der Waals surface area (Å²) in [5.74, 6) is 0.00988. The number of amides is 2. The minimum absolute atomic E-state index is 0. The molecule has 2 amide bonds. The quantitative estimate of drug-likeness (QED) is 0.733. The van der Waals surface area contributed by atoms with E-state index in [4.69, 9.17) is 0 Å². The number of carbonyl (C=O) groups excluding carboxylic acids is 2. The van der Waals surface area contributed by atoms with Crippen molar-refractivity contribution in [1.82, 2.24) is 15.1 Å². The predicted molar refractivity (Wildman–Crippen MR) is 106 cm³/mol. The molecule has 1 aliphatic carbocycles. The average molecular weight is 390 g/mol. The van der Waals surface area contributed by atoms with Crippen LogP contribution in [0, 0.1) is 5.92 Å². The van der Waals surface area contributed by atoms with Crippen LogP contribution in [-0.2, 0) is 4.79 Å². The first-order chi connectivity index (χ1) is 12.7. The Balaban J connectivity index is 0.00000210. The second kappa shape index (κ2) is 8.54. The number of carbonyl (C=O) groups is 2. The van der Waals surface area contributed by atoms with Crippen LogP contribution in [-0.4, -0.2) is 34.7 Å². The van der Waals surface area contributed by atoms with Crippen LogP contribution < -0.4 is 16.0 Å². The lowest BCUT2D eigenvalue weighted by Gasteiger charge is -2.22. The molecule has 1 saturated heterocycles. The third kappa shape index (κ3) is 4.87. The second-order valence-corrected chi connectivity index (χ2v) is 6.98. The lowest BCUT2D eigenvalue weighted by atomic mass is 10.1. The smallest absolute Gasteiger partial charge is 0.276 e. The molecule has 7 nitrogen and oxygen atoms in total. The van der Waals surface area contributed by atoms with Gasteiger partial charge < -0.3 is 16.0 Å². The summed E-state index contributed by atoms with van der Waals surface area (Å²) in [5.41, 5.74) is 1.82. The number of aromatic nitrogens is 2. The van der Waals surface area contributed by atoms with Gasteiger partial charge in [-0.1, -0.05) is 0 Å². The second-order valence-electron chi connectivity index (χ2n) is 6.98. The van der Waals surface area contributed by atoms with Gasteiger partial charge in [0, 0.05) is 30.0 Å². The molecular formula is C19H24ClN5O2. The molecule has 8 heteroatoms. The fraction of sp³-hybridized carbons (Fsp3) is 0.421. The number of benzene rings is 1. The summed E-state index contributed by atoms with van der Waals surface area (Å²) in [7, 11) is 0. The van der Waals surface area contributed by atoms with Gasteiger partial charge in [0.2, 0.25) is 5.91 Å². The Bertz CT molecular complexity index is 795. The maximum Gasteiger partial charge on any atom is 0.276 e. The normalized spacial score (nSPS) is 19.0. The number of nitrogens with one attached hydrogen (secondary N) is 3. The van der Waals surface area contributed by atoms with Gasteiger partial charge in [-0.2, -0.15) is 5.10 Å². The summed E-state index contributed by atoms with van der Waals surface area (Å²) in [6, 6.07) is 9.20. The number of nitrogens with zero attached hydrogens (tertiary/aromatic N) is 2. The molecule has 0 spiro atoms. The summed E-state index contributed by atoms with van der Waals surface area (Å²) >= 11 is 0. The highest BCUT2D eigenvalue weighted by atomic mass is 35.5. The molecule has 2 aliphatic rings. The lowest BCUT2D eigenvalue weighted by molar-refractivity contribution is -0.117. The molecule has 1 saturated carbocycles. The molecule has 1 unspecified atom stereocenters. The van der Waals surface area contributed by atoms with Crippen LogP contribution in [0.1, 0.15) is 42.2 Å². The van der Waals surface area contributed by atoms with E-state index in [9.17, 15) is 9.59 Å². The summed E-state index contributed by atoms with van der Waals surface area (Å²) in [5, 5.41) is 13.5. The Morgan fingerprint density at radius 2 is 1.74 bits per heavy atom. The third-order valence-electron chi connectivity index (χ3n) is 4.84. The van der Waals surface area contributed by atoms with Crippen molar-refractivity contribution in [2.24, 2.45) is 5.92 Å². The van der Waals surface area contributed by atoms with E-state index in [2.05, 4.69) is 21.0 Å². The van der Waals surface area contributed by atoms with E-state index in [1.54, 1.807) is 30.3 Å². The van der Waals surface area contributed by atoms with E-state index in [0.717, 1.165) is 44.5 Å². The topological polar surface area (TPSA) is 88.0 Å². The first-order valence-corrected chi connectivity index (χ1v) is 9.17. The van der Waals surface area contributed by atoms with E-state index in [-0.39, 0.29) is 30.1 Å². The first kappa shape index (κ1) is 19.4. The van der Waals surface area contributed by atoms with Gasteiger partial charge in [-0.15, -0.1) is 12.4 Å². The Morgan fingerprint density at radius 1 is 1.04 bits per heavy atom. The first-order valence-electron chi connectivity index (χ1n) is 9.17. The fourth-order valence-electron chi connectivity index (χ4n) is 3.14. The summed E-state index contributed by atoms with van der Waals surface area (Å²) in [6.07, 6.45) is 6.01. The van der Waals surface area contributed by atoms with Crippen molar-refractivity contribution in [1.29, 1.82) is 0 Å². The van der Waals surface area contributed by atoms with E-state index < -0.39 is 0 Å². The van der Waals surface area contributed by atoms with Crippen LogP contribution in [0.15, 0.2) is 36.5 Å². The van der Waals surface area contributed by atoms with Gasteiger partial charge in [0.15, 0.2) is 5.69 Å². The van der Waals surface area contributed by atoms with E-state index >= 15 is 0 Å². The minimum Gasteiger partial charge on any atom is -0.326 e. The molecule has 144 valence electrons. The van der Waals surface area contributed by atoms with Gasteiger partial charge in [-0.05, 0) is 62.6 Å². The van der Waals surface area contributed by atoms with Crippen LogP contribution >= 0.6 is 12.4 Å². The van der Waals surface area contributed by atoms with Crippen molar-refractivity contribution < 1.29 is 9.59 Å². The summed E-state index contributed by atoms with van der Waals surface area (Å²) in [6.45, 7) is 1.93. The number of anilines is 2. The Morgan fingerprint density at radius 3 is 2.37 bits per heavy atom. The molecule has 2 heterocycles. The van der Waals surface area contributed by atoms with Gasteiger partial charge in [0.05, 0.1) is 6.04 Å². The largest absolute Gasteiger partial charge is 0.326 e. The molecule has 0 bridgehead atoms. The predicted octanol–water partition coefficient (Wildman–Crippen LogP) is 2.83. The molecule has 1 aromatic carbocycles. The number of halogens is 1. The monoisotopic (exact) mass is 389 g/mol. The van der Waals surface area contributed by atoms with Gasteiger partial charge in [0.1, 0.15) is 0 Å². The van der Waals surface area contributed by atoms with Crippen LogP contribution in [0.4, 0.5) is 11.4 Å². The zero-order chi connectivity index (χ0) is 17.9. The van der Waals surface area contributed by atoms with Crippen LogP contribution in [0.25, 0.3) is 0 Å². The zero-order valence-electron chi connectivity index (χ0n) is 15.0. The highest BCUT2D eigenvalue weighted by Crippen LogP contribution is 2.30. The number of rotatable bonds is 5. The van der Waals surface area contributed by atoms with Crippen molar-refractivity contribution in [3.63, 3.8) is 0 Å². The van der Waals surface area contributed by atoms with Gasteiger partial charge in [-0.25, -0.2) is 0 Å². The number of piperidine rings is 1. The van der Waals surface area contributed by atoms with Gasteiger partial charge in [-0.3, -0.25) is 14.3 Å². The van der Waals surface area contributed by atoms with Gasteiger partial charge in [0.25, 0.3) is 5.91 Å². The van der Waals surface area contributed by atoms with Crippen molar-refractivity contribution in [3.8, 4) is 0 Å². The molecular weight excluding hydrogens is 366 g/mol. The van der Waals surface area contributed by atoms with Crippen LogP contribution in [0.3, 0.4) is 0 Å². The minimum atomic E-state index is -0.234. The highest BCUT2D eigenvalue weighted by molar-refractivity contribution is 6.03.